The van der Waals surface area contributed by atoms with E-state index in [9.17, 15) is 5.11 Å². The Morgan fingerprint density at radius 1 is 0.952 bits per heavy atom. The third-order valence-electron chi connectivity index (χ3n) is 4.37. The quantitative estimate of drug-likeness (QED) is 0.302. The van der Waals surface area contributed by atoms with Crippen molar-refractivity contribution >= 4 is 18.4 Å². The molecule has 0 heterocycles. The summed E-state index contributed by atoms with van der Waals surface area (Å²) in [7, 11) is 0. The first kappa shape index (κ1) is 21.2. The first-order valence-electron chi connectivity index (χ1n) is 8.93. The fourth-order valence-electron chi connectivity index (χ4n) is 3.16. The van der Waals surface area contributed by atoms with Crippen LogP contribution in [0.1, 0.15) is 73.1 Å². The molecule has 0 atom stereocenters. The molecule has 0 aliphatic heterocycles. The molecule has 0 aromatic carbocycles. The molecule has 0 unspecified atom stereocenters. The Morgan fingerprint density at radius 2 is 1.33 bits per heavy atom. The normalized spacial score (nSPS) is 13.5. The Labute approximate surface area is 137 Å². The molecule has 0 radical (unpaired) electrons. The average molecular weight is 401 g/mol. The summed E-state index contributed by atoms with van der Waals surface area (Å²) in [6.45, 7) is 14.8. The predicted molar refractivity (Wildman–Crippen MR) is 99.5 cm³/mol. The second kappa shape index (κ2) is 10.9. The van der Waals surface area contributed by atoms with Crippen LogP contribution in [0.2, 0.25) is 13.3 Å². The number of rotatable bonds is 12. The number of hydrogen-bond acceptors (Lipinski definition) is 1. The van der Waals surface area contributed by atoms with E-state index < -0.39 is 24.0 Å². The number of hydrogen-bond donors (Lipinski definition) is 1. The fraction of sp³-hybridized carbons (Fsp3) is 0.789. The molecule has 0 spiro atoms. The molecular weight excluding hydrogens is 363 g/mol. The van der Waals surface area contributed by atoms with E-state index in [0.29, 0.717) is 0 Å². The summed E-state index contributed by atoms with van der Waals surface area (Å²) in [6, 6.07) is 0. The average Bonchev–Trinajstić information content (AvgIpc) is 2.43. The third kappa shape index (κ3) is 8.44. The topological polar surface area (TPSA) is 20.2 Å². The van der Waals surface area contributed by atoms with Crippen molar-refractivity contribution in [2.75, 3.05) is 0 Å². The third-order valence-corrected chi connectivity index (χ3v) is 20.1. The summed E-state index contributed by atoms with van der Waals surface area (Å²) in [5.41, 5.74) is -0.712. The van der Waals surface area contributed by atoms with Gasteiger partial charge in [-0.15, -0.1) is 0 Å². The van der Waals surface area contributed by atoms with Crippen LogP contribution in [0.5, 0.6) is 0 Å². The molecule has 0 bridgehead atoms. The molecular formula is C19H38OSn. The van der Waals surface area contributed by atoms with Crippen LogP contribution >= 0.6 is 0 Å². The minimum atomic E-state index is -2.40. The second-order valence-corrected chi connectivity index (χ2v) is 20.3. The Bertz CT molecular complexity index is 290. The predicted octanol–water partition coefficient (Wildman–Crippen LogP) is 6.26. The molecule has 0 aliphatic rings. The van der Waals surface area contributed by atoms with E-state index in [2.05, 4.69) is 39.5 Å². The van der Waals surface area contributed by atoms with Crippen LogP contribution in [-0.4, -0.2) is 29.1 Å². The van der Waals surface area contributed by atoms with Crippen LogP contribution in [-0.2, 0) is 0 Å². The summed E-state index contributed by atoms with van der Waals surface area (Å²) in [4.78, 5) is 0. The van der Waals surface area contributed by atoms with Crippen molar-refractivity contribution in [2.45, 2.75) is 92.1 Å². The van der Waals surface area contributed by atoms with E-state index in [1.807, 2.05) is 13.8 Å². The molecule has 1 N–H and O–H groups in total. The van der Waals surface area contributed by atoms with Gasteiger partial charge in [-0.25, -0.2) is 0 Å². The van der Waals surface area contributed by atoms with Crippen molar-refractivity contribution in [3.05, 3.63) is 22.3 Å². The van der Waals surface area contributed by atoms with E-state index in [4.69, 9.17) is 0 Å². The van der Waals surface area contributed by atoms with Gasteiger partial charge in [-0.1, -0.05) is 0 Å². The number of aliphatic hydroxyl groups is 1. The van der Waals surface area contributed by atoms with Crippen LogP contribution < -0.4 is 0 Å². The summed E-state index contributed by atoms with van der Waals surface area (Å²) >= 11 is -2.40. The van der Waals surface area contributed by atoms with Crippen LogP contribution in [0, 0.1) is 0 Å². The molecule has 21 heavy (non-hydrogen) atoms. The van der Waals surface area contributed by atoms with Crippen molar-refractivity contribution in [1.29, 1.82) is 0 Å². The number of unbranched alkanes of at least 4 members (excludes halogenated alkanes) is 3. The van der Waals surface area contributed by atoms with Gasteiger partial charge >= 0.3 is 138 Å². The van der Waals surface area contributed by atoms with E-state index in [1.165, 1.54) is 55.4 Å². The molecule has 0 amide bonds. The van der Waals surface area contributed by atoms with E-state index in [0.717, 1.165) is 0 Å². The monoisotopic (exact) mass is 402 g/mol. The standard InChI is InChI=1S/C7H11O.3C4H9.Sn/c1-4-5-6-7(2,3)8;3*1-3-4-2;/h4,6,8H,1H2,2-3H3;3*1,3-4H2,2H3;. The molecule has 0 saturated carbocycles. The van der Waals surface area contributed by atoms with Crippen molar-refractivity contribution in [3.8, 4) is 0 Å². The maximum atomic E-state index is 10.3. The summed E-state index contributed by atoms with van der Waals surface area (Å²) in [5, 5.41) is 10.3. The van der Waals surface area contributed by atoms with Crippen LogP contribution in [0.25, 0.3) is 0 Å². The zero-order valence-electron chi connectivity index (χ0n) is 15.2. The molecule has 2 heteroatoms. The zero-order chi connectivity index (χ0) is 16.4. The van der Waals surface area contributed by atoms with Gasteiger partial charge in [0.05, 0.1) is 0 Å². The van der Waals surface area contributed by atoms with Gasteiger partial charge in [0.25, 0.3) is 0 Å². The molecule has 0 fully saturated rings. The van der Waals surface area contributed by atoms with Crippen molar-refractivity contribution in [1.82, 2.24) is 0 Å². The van der Waals surface area contributed by atoms with Crippen molar-refractivity contribution in [2.24, 2.45) is 0 Å². The van der Waals surface area contributed by atoms with Gasteiger partial charge in [-0.2, -0.15) is 0 Å². The molecule has 1 nitrogen and oxygen atoms in total. The first-order valence-corrected chi connectivity index (χ1v) is 16.4. The van der Waals surface area contributed by atoms with Gasteiger partial charge in [0.2, 0.25) is 0 Å². The van der Waals surface area contributed by atoms with Crippen LogP contribution in [0.3, 0.4) is 0 Å². The molecule has 0 aromatic heterocycles. The second-order valence-electron chi connectivity index (χ2n) is 7.05. The Balaban J connectivity index is 5.53. The van der Waals surface area contributed by atoms with Gasteiger partial charge in [0.1, 0.15) is 0 Å². The SMILES string of the molecule is C=C/[C](=C\C(C)(C)O)[Sn]([CH2]CCC)([CH2]CCC)[CH2]CCC. The Kier molecular flexibility index (Phi) is 11.0. The van der Waals surface area contributed by atoms with Gasteiger partial charge in [-0.05, 0) is 0 Å². The Morgan fingerprint density at radius 3 is 1.57 bits per heavy atom. The van der Waals surface area contributed by atoms with Crippen molar-refractivity contribution in [3.63, 3.8) is 0 Å². The minimum absolute atomic E-state index is 0.712. The van der Waals surface area contributed by atoms with Gasteiger partial charge in [-0.3, -0.25) is 0 Å². The van der Waals surface area contributed by atoms with Crippen molar-refractivity contribution < 1.29 is 5.11 Å². The molecule has 0 aliphatic carbocycles. The van der Waals surface area contributed by atoms with Crippen LogP contribution in [0.4, 0.5) is 0 Å². The zero-order valence-corrected chi connectivity index (χ0v) is 18.0. The van der Waals surface area contributed by atoms with E-state index >= 15 is 0 Å². The van der Waals surface area contributed by atoms with Gasteiger partial charge < -0.3 is 0 Å². The van der Waals surface area contributed by atoms with E-state index in [-0.39, 0.29) is 0 Å². The first-order chi connectivity index (χ1) is 9.85. The molecule has 0 saturated heterocycles. The summed E-state index contributed by atoms with van der Waals surface area (Å²) < 4.78 is 5.77. The maximum absolute atomic E-state index is 10.3. The Hall–Kier alpha value is 0.239. The van der Waals surface area contributed by atoms with Gasteiger partial charge in [0.15, 0.2) is 0 Å². The van der Waals surface area contributed by atoms with Gasteiger partial charge in [0, 0.05) is 0 Å². The van der Waals surface area contributed by atoms with Crippen LogP contribution in [0.15, 0.2) is 22.3 Å². The van der Waals surface area contributed by atoms with E-state index in [1.54, 1.807) is 0 Å². The number of allylic oxidation sites excluding steroid dienone is 2. The molecule has 0 rings (SSSR count). The summed E-state index contributed by atoms with van der Waals surface area (Å²) in [6.07, 6.45) is 12.1. The molecule has 124 valence electrons. The molecule has 0 aromatic rings. The summed E-state index contributed by atoms with van der Waals surface area (Å²) in [5.74, 6) is 0. The fourth-order valence-corrected chi connectivity index (χ4v) is 19.7.